The molecule has 4 heteroatoms. The van der Waals surface area contributed by atoms with Gasteiger partial charge in [0.2, 0.25) is 5.91 Å². The summed E-state index contributed by atoms with van der Waals surface area (Å²) < 4.78 is 5.45. The number of fused-ring (bicyclic) bond motifs is 1. The summed E-state index contributed by atoms with van der Waals surface area (Å²) in [6.45, 7) is 6.13. The Balaban J connectivity index is 1.72. The predicted octanol–water partition coefficient (Wildman–Crippen LogP) is 2.20. The van der Waals surface area contributed by atoms with Crippen molar-refractivity contribution >= 4 is 11.6 Å². The standard InChI is InChI=1S/C16H24N2O2/c1-12(2)20-9-5-8-17-16(19)14-10-13-6-3-4-7-15(13)18-11-14/h3-4,6-7,12,14,18H,5,8-11H2,1-2H3,(H,17,19). The number of rotatable bonds is 6. The minimum absolute atomic E-state index is 0.0240. The second-order valence-corrected chi connectivity index (χ2v) is 5.50. The van der Waals surface area contributed by atoms with Gasteiger partial charge in [0, 0.05) is 25.4 Å². The molecule has 1 unspecified atom stereocenters. The van der Waals surface area contributed by atoms with Crippen LogP contribution in [0.15, 0.2) is 24.3 Å². The Morgan fingerprint density at radius 1 is 1.45 bits per heavy atom. The van der Waals surface area contributed by atoms with Gasteiger partial charge in [-0.3, -0.25) is 4.79 Å². The molecule has 0 aliphatic carbocycles. The molecule has 1 aromatic carbocycles. The van der Waals surface area contributed by atoms with E-state index in [1.807, 2.05) is 26.0 Å². The van der Waals surface area contributed by atoms with Crippen LogP contribution >= 0.6 is 0 Å². The minimum Gasteiger partial charge on any atom is -0.384 e. The van der Waals surface area contributed by atoms with Crippen LogP contribution in [0.2, 0.25) is 0 Å². The van der Waals surface area contributed by atoms with Crippen molar-refractivity contribution in [2.45, 2.75) is 32.8 Å². The van der Waals surface area contributed by atoms with Gasteiger partial charge in [-0.1, -0.05) is 18.2 Å². The average Bonchev–Trinajstić information content (AvgIpc) is 2.46. The fourth-order valence-corrected chi connectivity index (χ4v) is 2.37. The maximum Gasteiger partial charge on any atom is 0.225 e. The second kappa shape index (κ2) is 7.29. The summed E-state index contributed by atoms with van der Waals surface area (Å²) in [6, 6.07) is 8.18. The molecule has 0 spiro atoms. The van der Waals surface area contributed by atoms with Gasteiger partial charge in [0.25, 0.3) is 0 Å². The first-order valence-corrected chi connectivity index (χ1v) is 7.38. The molecule has 1 amide bonds. The van der Waals surface area contributed by atoms with Gasteiger partial charge in [0.05, 0.1) is 12.0 Å². The molecule has 110 valence electrons. The summed E-state index contributed by atoms with van der Waals surface area (Å²) in [5.41, 5.74) is 2.38. The fourth-order valence-electron chi connectivity index (χ4n) is 2.37. The van der Waals surface area contributed by atoms with E-state index in [4.69, 9.17) is 4.74 Å². The zero-order valence-electron chi connectivity index (χ0n) is 12.3. The summed E-state index contributed by atoms with van der Waals surface area (Å²) in [5, 5.41) is 6.32. The van der Waals surface area contributed by atoms with Crippen LogP contribution in [0.3, 0.4) is 0 Å². The van der Waals surface area contributed by atoms with E-state index in [1.54, 1.807) is 0 Å². The van der Waals surface area contributed by atoms with Crippen LogP contribution in [0.4, 0.5) is 5.69 Å². The zero-order valence-corrected chi connectivity index (χ0v) is 12.3. The number of para-hydroxylation sites is 1. The minimum atomic E-state index is 0.0240. The number of amides is 1. The number of carbonyl (C=O) groups excluding carboxylic acids is 1. The molecule has 0 saturated heterocycles. The van der Waals surface area contributed by atoms with Crippen molar-refractivity contribution in [3.8, 4) is 0 Å². The molecule has 1 aliphatic heterocycles. The van der Waals surface area contributed by atoms with E-state index in [-0.39, 0.29) is 17.9 Å². The second-order valence-electron chi connectivity index (χ2n) is 5.50. The topological polar surface area (TPSA) is 50.4 Å². The molecule has 0 bridgehead atoms. The number of hydrogen-bond donors (Lipinski definition) is 2. The Bertz CT molecular complexity index is 446. The maximum atomic E-state index is 12.1. The third-order valence-corrected chi connectivity index (χ3v) is 3.46. The molecule has 0 fully saturated rings. The van der Waals surface area contributed by atoms with E-state index in [0.29, 0.717) is 19.7 Å². The van der Waals surface area contributed by atoms with Gasteiger partial charge in [0.15, 0.2) is 0 Å². The summed E-state index contributed by atoms with van der Waals surface area (Å²) >= 11 is 0. The Morgan fingerprint density at radius 3 is 3.05 bits per heavy atom. The number of carbonyl (C=O) groups is 1. The summed E-state index contributed by atoms with van der Waals surface area (Å²) in [6.07, 6.45) is 1.93. The smallest absolute Gasteiger partial charge is 0.225 e. The molecular formula is C16H24N2O2. The van der Waals surface area contributed by atoms with E-state index in [0.717, 1.165) is 18.5 Å². The molecule has 1 aliphatic rings. The first-order chi connectivity index (χ1) is 9.66. The summed E-state index contributed by atoms with van der Waals surface area (Å²) in [7, 11) is 0. The third-order valence-electron chi connectivity index (χ3n) is 3.46. The van der Waals surface area contributed by atoms with Crippen molar-refractivity contribution in [1.82, 2.24) is 5.32 Å². The Kier molecular flexibility index (Phi) is 5.41. The Labute approximate surface area is 120 Å². The molecule has 20 heavy (non-hydrogen) atoms. The number of benzene rings is 1. The molecular weight excluding hydrogens is 252 g/mol. The number of nitrogens with one attached hydrogen (secondary N) is 2. The lowest BCUT2D eigenvalue weighted by Crippen LogP contribution is -2.38. The number of hydrogen-bond acceptors (Lipinski definition) is 3. The SMILES string of the molecule is CC(C)OCCCNC(=O)C1CNc2ccccc2C1. The lowest BCUT2D eigenvalue weighted by molar-refractivity contribution is -0.124. The van der Waals surface area contributed by atoms with E-state index in [9.17, 15) is 4.79 Å². The van der Waals surface area contributed by atoms with Crippen LogP contribution in [0.5, 0.6) is 0 Å². The largest absolute Gasteiger partial charge is 0.384 e. The quantitative estimate of drug-likeness (QED) is 0.783. The van der Waals surface area contributed by atoms with Crippen LogP contribution in [-0.2, 0) is 16.0 Å². The van der Waals surface area contributed by atoms with Crippen LogP contribution in [0.25, 0.3) is 0 Å². The van der Waals surface area contributed by atoms with Crippen LogP contribution < -0.4 is 10.6 Å². The van der Waals surface area contributed by atoms with Gasteiger partial charge in [-0.05, 0) is 38.3 Å². The van der Waals surface area contributed by atoms with Crippen LogP contribution in [0, 0.1) is 5.92 Å². The van der Waals surface area contributed by atoms with Crippen molar-refractivity contribution in [3.63, 3.8) is 0 Å². The maximum absolute atomic E-state index is 12.1. The number of ether oxygens (including phenoxy) is 1. The highest BCUT2D eigenvalue weighted by molar-refractivity contribution is 5.80. The van der Waals surface area contributed by atoms with Gasteiger partial charge in [0.1, 0.15) is 0 Å². The molecule has 1 heterocycles. The van der Waals surface area contributed by atoms with Gasteiger partial charge in [-0.25, -0.2) is 0 Å². The summed E-state index contributed by atoms with van der Waals surface area (Å²) in [4.78, 5) is 12.1. The average molecular weight is 276 g/mol. The molecule has 0 radical (unpaired) electrons. The lowest BCUT2D eigenvalue weighted by atomic mass is 9.93. The van der Waals surface area contributed by atoms with E-state index in [2.05, 4.69) is 22.8 Å². The van der Waals surface area contributed by atoms with E-state index < -0.39 is 0 Å². The predicted molar refractivity (Wildman–Crippen MR) is 80.8 cm³/mol. The molecule has 4 nitrogen and oxygen atoms in total. The highest BCUT2D eigenvalue weighted by Gasteiger charge is 2.23. The first-order valence-electron chi connectivity index (χ1n) is 7.38. The van der Waals surface area contributed by atoms with Crippen molar-refractivity contribution in [1.29, 1.82) is 0 Å². The van der Waals surface area contributed by atoms with Crippen molar-refractivity contribution in [3.05, 3.63) is 29.8 Å². The molecule has 0 aromatic heterocycles. The normalized spacial score (nSPS) is 17.4. The summed E-state index contributed by atoms with van der Waals surface area (Å²) in [5.74, 6) is 0.160. The lowest BCUT2D eigenvalue weighted by Gasteiger charge is -2.25. The fraction of sp³-hybridized carbons (Fsp3) is 0.562. The zero-order chi connectivity index (χ0) is 14.4. The van der Waals surface area contributed by atoms with Crippen LogP contribution in [-0.4, -0.2) is 31.7 Å². The molecule has 1 aromatic rings. The van der Waals surface area contributed by atoms with Crippen molar-refractivity contribution in [2.24, 2.45) is 5.92 Å². The molecule has 1 atom stereocenters. The number of anilines is 1. The highest BCUT2D eigenvalue weighted by Crippen LogP contribution is 2.24. The Hall–Kier alpha value is -1.55. The molecule has 2 rings (SSSR count). The van der Waals surface area contributed by atoms with Crippen molar-refractivity contribution in [2.75, 3.05) is 25.0 Å². The molecule has 2 N–H and O–H groups in total. The van der Waals surface area contributed by atoms with Gasteiger partial charge >= 0.3 is 0 Å². The monoisotopic (exact) mass is 276 g/mol. The van der Waals surface area contributed by atoms with Crippen LogP contribution in [0.1, 0.15) is 25.8 Å². The van der Waals surface area contributed by atoms with Gasteiger partial charge in [-0.15, -0.1) is 0 Å². The third kappa shape index (κ3) is 4.23. The van der Waals surface area contributed by atoms with Gasteiger partial charge < -0.3 is 15.4 Å². The highest BCUT2D eigenvalue weighted by atomic mass is 16.5. The van der Waals surface area contributed by atoms with Gasteiger partial charge in [-0.2, -0.15) is 0 Å². The Morgan fingerprint density at radius 2 is 2.25 bits per heavy atom. The molecule has 0 saturated carbocycles. The van der Waals surface area contributed by atoms with E-state index >= 15 is 0 Å². The van der Waals surface area contributed by atoms with Crippen molar-refractivity contribution < 1.29 is 9.53 Å². The first kappa shape index (κ1) is 14.9. The van der Waals surface area contributed by atoms with E-state index in [1.165, 1.54) is 5.56 Å².